The van der Waals surface area contributed by atoms with Gasteiger partial charge in [-0.05, 0) is 26.0 Å². The van der Waals surface area contributed by atoms with Crippen molar-refractivity contribution in [2.45, 2.75) is 45.6 Å². The van der Waals surface area contributed by atoms with Gasteiger partial charge < -0.3 is 14.6 Å². The molecular weight excluding hydrogens is 244 g/mol. The molecule has 0 aliphatic carbocycles. The third-order valence-corrected chi connectivity index (χ3v) is 2.84. The molecule has 1 aromatic carbocycles. The van der Waals surface area contributed by atoms with Gasteiger partial charge in [0.25, 0.3) is 0 Å². The van der Waals surface area contributed by atoms with Gasteiger partial charge in [0.05, 0.1) is 19.6 Å². The summed E-state index contributed by atoms with van der Waals surface area (Å²) in [5.74, 6) is 0.497. The van der Waals surface area contributed by atoms with Crippen molar-refractivity contribution in [1.29, 1.82) is 0 Å². The molecule has 1 N–H and O–H groups in total. The monoisotopic (exact) mass is 266 g/mol. The van der Waals surface area contributed by atoms with Crippen LogP contribution in [0.15, 0.2) is 18.2 Å². The lowest BCUT2D eigenvalue weighted by molar-refractivity contribution is -0.138. The Morgan fingerprint density at radius 1 is 1.32 bits per heavy atom. The van der Waals surface area contributed by atoms with Gasteiger partial charge in [-0.15, -0.1) is 0 Å². The van der Waals surface area contributed by atoms with Crippen molar-refractivity contribution >= 4 is 5.97 Å². The van der Waals surface area contributed by atoms with E-state index < -0.39 is 11.4 Å². The molecule has 0 unspecified atom stereocenters. The van der Waals surface area contributed by atoms with Crippen molar-refractivity contribution in [1.82, 2.24) is 0 Å². The Morgan fingerprint density at radius 3 is 2.37 bits per heavy atom. The van der Waals surface area contributed by atoms with E-state index in [0.717, 1.165) is 5.56 Å². The second-order valence-corrected chi connectivity index (χ2v) is 5.45. The van der Waals surface area contributed by atoms with E-state index in [4.69, 9.17) is 14.6 Å². The Hall–Kier alpha value is -1.71. The summed E-state index contributed by atoms with van der Waals surface area (Å²) in [4.78, 5) is 11.0. The third-order valence-electron chi connectivity index (χ3n) is 2.84. The van der Waals surface area contributed by atoms with Crippen LogP contribution in [-0.2, 0) is 10.2 Å². The highest BCUT2D eigenvalue weighted by Crippen LogP contribution is 2.41. The molecule has 1 rings (SSSR count). The van der Waals surface area contributed by atoms with Crippen molar-refractivity contribution in [2.75, 3.05) is 7.11 Å². The summed E-state index contributed by atoms with van der Waals surface area (Å²) >= 11 is 0. The van der Waals surface area contributed by atoms with Gasteiger partial charge >= 0.3 is 5.97 Å². The fourth-order valence-electron chi connectivity index (χ4n) is 2.17. The molecule has 4 heteroatoms. The number of rotatable bonds is 6. The number of methoxy groups -OCH3 is 1. The predicted octanol–water partition coefficient (Wildman–Crippen LogP) is 3.23. The quantitative estimate of drug-likeness (QED) is 0.858. The van der Waals surface area contributed by atoms with E-state index in [2.05, 4.69) is 0 Å². The lowest BCUT2D eigenvalue weighted by Crippen LogP contribution is -2.24. The molecule has 0 aliphatic heterocycles. The Labute approximate surface area is 114 Å². The predicted molar refractivity (Wildman–Crippen MR) is 74.0 cm³/mol. The lowest BCUT2D eigenvalue weighted by atomic mass is 9.80. The Kier molecular flexibility index (Phi) is 4.81. The molecule has 19 heavy (non-hydrogen) atoms. The molecule has 0 fully saturated rings. The first-order chi connectivity index (χ1) is 8.77. The molecule has 4 nitrogen and oxygen atoms in total. The van der Waals surface area contributed by atoms with Crippen molar-refractivity contribution < 1.29 is 19.4 Å². The zero-order valence-electron chi connectivity index (χ0n) is 12.2. The van der Waals surface area contributed by atoms with Crippen LogP contribution in [0.2, 0.25) is 0 Å². The van der Waals surface area contributed by atoms with Gasteiger partial charge in [-0.1, -0.05) is 19.9 Å². The zero-order valence-corrected chi connectivity index (χ0v) is 12.2. The van der Waals surface area contributed by atoms with Gasteiger partial charge in [-0.25, -0.2) is 0 Å². The minimum Gasteiger partial charge on any atom is -0.496 e. The standard InChI is InChI=1S/C15H22O4/c1-10(2)19-12-8-6-7-11(18-5)14(12)15(3,4)9-13(16)17/h6-8,10H,9H2,1-5H3,(H,16,17). The maximum Gasteiger partial charge on any atom is 0.304 e. The van der Waals surface area contributed by atoms with Gasteiger partial charge in [0.2, 0.25) is 0 Å². The minimum absolute atomic E-state index is 0.0157. The topological polar surface area (TPSA) is 55.8 Å². The fourth-order valence-corrected chi connectivity index (χ4v) is 2.17. The van der Waals surface area contributed by atoms with E-state index in [1.165, 1.54) is 0 Å². The molecule has 0 saturated carbocycles. The average molecular weight is 266 g/mol. The van der Waals surface area contributed by atoms with Gasteiger partial charge in [0, 0.05) is 11.0 Å². The van der Waals surface area contributed by atoms with E-state index in [1.54, 1.807) is 7.11 Å². The van der Waals surface area contributed by atoms with Crippen molar-refractivity contribution in [3.05, 3.63) is 23.8 Å². The van der Waals surface area contributed by atoms with E-state index >= 15 is 0 Å². The minimum atomic E-state index is -0.841. The van der Waals surface area contributed by atoms with E-state index in [-0.39, 0.29) is 12.5 Å². The number of carboxylic acid groups (broad SMARTS) is 1. The van der Waals surface area contributed by atoms with Gasteiger partial charge in [0.15, 0.2) is 0 Å². The van der Waals surface area contributed by atoms with Gasteiger partial charge in [-0.2, -0.15) is 0 Å². The molecule has 0 bridgehead atoms. The molecule has 0 saturated heterocycles. The molecule has 0 aromatic heterocycles. The Balaban J connectivity index is 3.31. The van der Waals surface area contributed by atoms with Gasteiger partial charge in [-0.3, -0.25) is 4.79 Å². The maximum absolute atomic E-state index is 11.0. The average Bonchev–Trinajstić information content (AvgIpc) is 2.25. The number of hydrogen-bond acceptors (Lipinski definition) is 3. The second kappa shape index (κ2) is 5.95. The van der Waals surface area contributed by atoms with Crippen LogP contribution in [0.4, 0.5) is 0 Å². The summed E-state index contributed by atoms with van der Waals surface area (Å²) in [7, 11) is 1.58. The van der Waals surface area contributed by atoms with Crippen LogP contribution in [0.25, 0.3) is 0 Å². The molecule has 0 aliphatic rings. The van der Waals surface area contributed by atoms with Crippen LogP contribution in [0.5, 0.6) is 11.5 Å². The highest BCUT2D eigenvalue weighted by molar-refractivity contribution is 5.70. The third kappa shape index (κ3) is 3.88. The van der Waals surface area contributed by atoms with Crippen LogP contribution < -0.4 is 9.47 Å². The van der Waals surface area contributed by atoms with Crippen LogP contribution in [0.3, 0.4) is 0 Å². The highest BCUT2D eigenvalue weighted by Gasteiger charge is 2.31. The summed E-state index contributed by atoms with van der Waals surface area (Å²) in [5, 5.41) is 9.07. The first-order valence-electron chi connectivity index (χ1n) is 6.34. The van der Waals surface area contributed by atoms with E-state index in [1.807, 2.05) is 45.9 Å². The normalized spacial score (nSPS) is 11.5. The summed E-state index contributed by atoms with van der Waals surface area (Å²) in [6.45, 7) is 7.64. The molecule has 0 heterocycles. The molecule has 0 radical (unpaired) electrons. The van der Waals surface area contributed by atoms with Crippen molar-refractivity contribution in [3.8, 4) is 11.5 Å². The first-order valence-corrected chi connectivity index (χ1v) is 6.34. The molecule has 0 atom stereocenters. The smallest absolute Gasteiger partial charge is 0.304 e. The van der Waals surface area contributed by atoms with Crippen LogP contribution in [0, 0.1) is 0 Å². The number of carbonyl (C=O) groups is 1. The van der Waals surface area contributed by atoms with Gasteiger partial charge in [0.1, 0.15) is 11.5 Å². The zero-order chi connectivity index (χ0) is 14.6. The molecule has 106 valence electrons. The molecular formula is C15H22O4. The fraction of sp³-hybridized carbons (Fsp3) is 0.533. The molecule has 0 amide bonds. The second-order valence-electron chi connectivity index (χ2n) is 5.45. The summed E-state index contributed by atoms with van der Waals surface area (Å²) in [6, 6.07) is 5.52. The molecule has 1 aromatic rings. The molecule has 0 spiro atoms. The van der Waals surface area contributed by atoms with Crippen molar-refractivity contribution in [3.63, 3.8) is 0 Å². The Morgan fingerprint density at radius 2 is 1.89 bits per heavy atom. The van der Waals surface area contributed by atoms with E-state index in [0.29, 0.717) is 11.5 Å². The summed E-state index contributed by atoms with van der Waals surface area (Å²) in [5.41, 5.74) is 0.233. The number of ether oxygens (including phenoxy) is 2. The maximum atomic E-state index is 11.0. The number of benzene rings is 1. The summed E-state index contributed by atoms with van der Waals surface area (Å²) < 4.78 is 11.1. The van der Waals surface area contributed by atoms with Crippen LogP contribution >= 0.6 is 0 Å². The summed E-state index contributed by atoms with van der Waals surface area (Å²) in [6.07, 6.45) is 0.0356. The number of hydrogen-bond donors (Lipinski definition) is 1. The van der Waals surface area contributed by atoms with E-state index in [9.17, 15) is 4.79 Å². The number of aliphatic carboxylic acids is 1. The SMILES string of the molecule is COc1cccc(OC(C)C)c1C(C)(C)CC(=O)O. The van der Waals surface area contributed by atoms with Crippen LogP contribution in [0.1, 0.15) is 39.7 Å². The van der Waals surface area contributed by atoms with Crippen molar-refractivity contribution in [2.24, 2.45) is 0 Å². The highest BCUT2D eigenvalue weighted by atomic mass is 16.5. The largest absolute Gasteiger partial charge is 0.496 e. The number of carboxylic acids is 1. The lowest BCUT2D eigenvalue weighted by Gasteiger charge is -2.28. The first kappa shape index (κ1) is 15.3. The van der Waals surface area contributed by atoms with Crippen LogP contribution in [-0.4, -0.2) is 24.3 Å². The Bertz CT molecular complexity index is 449.